The van der Waals surface area contributed by atoms with Crippen LogP contribution in [0.5, 0.6) is 11.5 Å². The Morgan fingerprint density at radius 2 is 1.93 bits per heavy atom. The summed E-state index contributed by atoms with van der Waals surface area (Å²) in [5.74, 6) is 0.00421. The van der Waals surface area contributed by atoms with E-state index in [1.54, 1.807) is 36.4 Å². The molecule has 0 saturated carbocycles. The molecule has 2 aliphatic heterocycles. The van der Waals surface area contributed by atoms with Crippen LogP contribution in [0.3, 0.4) is 0 Å². The van der Waals surface area contributed by atoms with Crippen molar-refractivity contribution >= 4 is 68.4 Å². The largest absolute Gasteiger partial charge is 0.454 e. The van der Waals surface area contributed by atoms with Crippen LogP contribution in [0.2, 0.25) is 5.02 Å². The first kappa shape index (κ1) is 18.0. The molecular weight excluding hydrogens is 456 g/mol. The smallest absolute Gasteiger partial charge is 0.270 e. The number of nitrogens with zero attached hydrogens (tertiary/aromatic N) is 1. The molecule has 0 radical (unpaired) electrons. The third-order valence-corrected chi connectivity index (χ3v) is 5.17. The number of carbonyl (C=O) groups is 2. The minimum absolute atomic E-state index is 0.00540. The number of hydrogen-bond acceptors (Lipinski definition) is 5. The summed E-state index contributed by atoms with van der Waals surface area (Å²) >= 11 is 14.6. The Hall–Kier alpha value is -2.42. The molecule has 2 aromatic rings. The first-order chi connectivity index (χ1) is 12.9. The van der Waals surface area contributed by atoms with E-state index in [0.717, 1.165) is 0 Å². The maximum atomic E-state index is 13.0. The predicted octanol–water partition coefficient (Wildman–Crippen LogP) is 3.66. The number of nitrogens with one attached hydrogen (secondary N) is 1. The van der Waals surface area contributed by atoms with Gasteiger partial charge in [-0.25, -0.2) is 0 Å². The van der Waals surface area contributed by atoms with E-state index in [1.807, 2.05) is 0 Å². The Morgan fingerprint density at radius 1 is 1.19 bits per heavy atom. The molecule has 9 heteroatoms. The van der Waals surface area contributed by atoms with E-state index in [2.05, 4.69) is 21.2 Å². The lowest BCUT2D eigenvalue weighted by Crippen LogP contribution is -2.54. The van der Waals surface area contributed by atoms with Crippen molar-refractivity contribution in [1.29, 1.82) is 0 Å². The molecule has 1 N–H and O–H groups in total. The van der Waals surface area contributed by atoms with Gasteiger partial charge in [0.2, 0.25) is 6.79 Å². The molecule has 2 heterocycles. The number of amides is 2. The predicted molar refractivity (Wildman–Crippen MR) is 108 cm³/mol. The second kappa shape index (κ2) is 6.95. The quantitative estimate of drug-likeness (QED) is 0.416. The second-order valence-electron chi connectivity index (χ2n) is 5.66. The Kier molecular flexibility index (Phi) is 4.63. The molecule has 2 amide bonds. The van der Waals surface area contributed by atoms with Crippen molar-refractivity contribution in [2.45, 2.75) is 0 Å². The summed E-state index contributed by atoms with van der Waals surface area (Å²) in [6.07, 6.45) is 1.48. The number of benzene rings is 2. The number of halogens is 2. The van der Waals surface area contributed by atoms with Gasteiger partial charge in [0.15, 0.2) is 16.6 Å². The van der Waals surface area contributed by atoms with Crippen LogP contribution in [0.1, 0.15) is 5.56 Å². The minimum Gasteiger partial charge on any atom is -0.454 e. The average molecular weight is 466 g/mol. The lowest BCUT2D eigenvalue weighted by molar-refractivity contribution is -0.122. The van der Waals surface area contributed by atoms with E-state index < -0.39 is 11.8 Å². The number of anilines is 1. The SMILES string of the molecule is O=C1NC(=S)N(c2cccc(Cl)c2)C(=O)C1=Cc1cc2c(cc1Br)OCO2. The maximum absolute atomic E-state index is 13.0. The van der Waals surface area contributed by atoms with Gasteiger partial charge in [-0.05, 0) is 54.2 Å². The first-order valence-electron chi connectivity index (χ1n) is 7.70. The third kappa shape index (κ3) is 3.31. The number of thiocarbonyl (C=S) groups is 1. The normalized spacial score (nSPS) is 17.5. The van der Waals surface area contributed by atoms with E-state index in [1.165, 1.54) is 11.0 Å². The van der Waals surface area contributed by atoms with Crippen LogP contribution in [0.15, 0.2) is 46.4 Å². The van der Waals surface area contributed by atoms with Crippen LogP contribution in [0.4, 0.5) is 5.69 Å². The summed E-state index contributed by atoms with van der Waals surface area (Å²) in [6.45, 7) is 0.123. The highest BCUT2D eigenvalue weighted by molar-refractivity contribution is 9.10. The lowest BCUT2D eigenvalue weighted by Gasteiger charge is -2.29. The van der Waals surface area contributed by atoms with Crippen LogP contribution in [-0.2, 0) is 9.59 Å². The fraction of sp³-hybridized carbons (Fsp3) is 0.0556. The van der Waals surface area contributed by atoms with Crippen molar-refractivity contribution in [1.82, 2.24) is 5.32 Å². The number of carbonyl (C=O) groups excluding carboxylic acids is 2. The molecule has 0 spiro atoms. The fourth-order valence-corrected chi connectivity index (χ4v) is 3.61. The standard InChI is InChI=1S/C18H10BrClN2O4S/c19-13-7-15-14(25-8-26-15)5-9(13)4-12-16(23)21-18(27)22(17(12)24)11-3-1-2-10(20)6-11/h1-7H,8H2,(H,21,23,27). The highest BCUT2D eigenvalue weighted by Crippen LogP contribution is 2.38. The molecule has 27 heavy (non-hydrogen) atoms. The van der Waals surface area contributed by atoms with Gasteiger partial charge >= 0.3 is 0 Å². The highest BCUT2D eigenvalue weighted by Gasteiger charge is 2.34. The Morgan fingerprint density at radius 3 is 2.67 bits per heavy atom. The summed E-state index contributed by atoms with van der Waals surface area (Å²) in [4.78, 5) is 26.6. The summed E-state index contributed by atoms with van der Waals surface area (Å²) in [7, 11) is 0. The van der Waals surface area contributed by atoms with E-state index in [4.69, 9.17) is 33.3 Å². The Labute approximate surface area is 172 Å². The summed E-state index contributed by atoms with van der Waals surface area (Å²) < 4.78 is 11.3. The van der Waals surface area contributed by atoms with Crippen LogP contribution >= 0.6 is 39.7 Å². The van der Waals surface area contributed by atoms with Crippen molar-refractivity contribution in [3.63, 3.8) is 0 Å². The van der Waals surface area contributed by atoms with Crippen molar-refractivity contribution in [2.24, 2.45) is 0 Å². The Balaban J connectivity index is 1.76. The summed E-state index contributed by atoms with van der Waals surface area (Å²) in [5.41, 5.74) is 0.993. The van der Waals surface area contributed by atoms with Crippen LogP contribution < -0.4 is 19.7 Å². The molecule has 2 aromatic carbocycles. The summed E-state index contributed by atoms with van der Waals surface area (Å²) in [6, 6.07) is 10.1. The minimum atomic E-state index is -0.576. The first-order valence-corrected chi connectivity index (χ1v) is 9.28. The number of rotatable bonds is 2. The highest BCUT2D eigenvalue weighted by atomic mass is 79.9. The molecule has 0 bridgehead atoms. The van der Waals surface area contributed by atoms with E-state index in [9.17, 15) is 9.59 Å². The molecule has 2 aliphatic rings. The summed E-state index contributed by atoms with van der Waals surface area (Å²) in [5, 5.41) is 2.98. The average Bonchev–Trinajstić information content (AvgIpc) is 3.05. The molecular formula is C18H10BrClN2O4S. The zero-order chi connectivity index (χ0) is 19.1. The molecule has 0 unspecified atom stereocenters. The fourth-order valence-electron chi connectivity index (χ4n) is 2.71. The molecule has 4 rings (SSSR count). The number of hydrogen-bond donors (Lipinski definition) is 1. The van der Waals surface area contributed by atoms with Gasteiger partial charge in [0, 0.05) is 9.50 Å². The van der Waals surface area contributed by atoms with Crippen LogP contribution in [0.25, 0.3) is 6.08 Å². The van der Waals surface area contributed by atoms with Crippen LogP contribution in [0, 0.1) is 0 Å². The van der Waals surface area contributed by atoms with Gasteiger partial charge in [0.25, 0.3) is 11.8 Å². The molecule has 6 nitrogen and oxygen atoms in total. The number of fused-ring (bicyclic) bond motifs is 1. The molecule has 136 valence electrons. The monoisotopic (exact) mass is 464 g/mol. The topological polar surface area (TPSA) is 67.9 Å². The van der Waals surface area contributed by atoms with E-state index in [0.29, 0.717) is 32.2 Å². The van der Waals surface area contributed by atoms with Gasteiger partial charge in [0.05, 0.1) is 5.69 Å². The Bertz CT molecular complexity index is 1040. The molecule has 0 atom stereocenters. The van der Waals surface area contributed by atoms with Crippen molar-refractivity contribution in [3.8, 4) is 11.5 Å². The maximum Gasteiger partial charge on any atom is 0.270 e. The van der Waals surface area contributed by atoms with Crippen molar-refractivity contribution in [3.05, 3.63) is 57.0 Å². The lowest BCUT2D eigenvalue weighted by atomic mass is 10.1. The van der Waals surface area contributed by atoms with Gasteiger partial charge in [-0.3, -0.25) is 19.8 Å². The van der Waals surface area contributed by atoms with Gasteiger partial charge < -0.3 is 9.47 Å². The third-order valence-electron chi connectivity index (χ3n) is 3.96. The molecule has 0 aromatic heterocycles. The molecule has 0 aliphatic carbocycles. The molecule has 1 fully saturated rings. The molecule has 1 saturated heterocycles. The van der Waals surface area contributed by atoms with Gasteiger partial charge in [-0.15, -0.1) is 0 Å². The zero-order valence-electron chi connectivity index (χ0n) is 13.5. The van der Waals surface area contributed by atoms with Gasteiger partial charge in [0.1, 0.15) is 5.57 Å². The number of ether oxygens (including phenoxy) is 2. The van der Waals surface area contributed by atoms with Crippen molar-refractivity contribution < 1.29 is 19.1 Å². The van der Waals surface area contributed by atoms with Crippen LogP contribution in [-0.4, -0.2) is 23.7 Å². The van der Waals surface area contributed by atoms with Crippen molar-refractivity contribution in [2.75, 3.05) is 11.7 Å². The zero-order valence-corrected chi connectivity index (χ0v) is 16.7. The second-order valence-corrected chi connectivity index (χ2v) is 7.34. The van der Waals surface area contributed by atoms with E-state index >= 15 is 0 Å². The van der Waals surface area contributed by atoms with Gasteiger partial charge in [-0.1, -0.05) is 33.6 Å². The van der Waals surface area contributed by atoms with E-state index in [-0.39, 0.29) is 17.5 Å². The van der Waals surface area contributed by atoms with Gasteiger partial charge in [-0.2, -0.15) is 0 Å².